The molecule has 2 aromatic rings. The van der Waals surface area contributed by atoms with Gasteiger partial charge in [-0.1, -0.05) is 86.0 Å². The fraction of sp³-hybridized carbons (Fsp3) is 0.379. The van der Waals surface area contributed by atoms with Crippen LogP contribution in [0.5, 0.6) is 0 Å². The van der Waals surface area contributed by atoms with Crippen LogP contribution in [-0.4, -0.2) is 17.9 Å². The molecule has 0 fully saturated rings. The normalized spacial score (nSPS) is 17.2. The zero-order valence-corrected chi connectivity index (χ0v) is 24.2. The van der Waals surface area contributed by atoms with E-state index < -0.39 is 5.82 Å². The van der Waals surface area contributed by atoms with E-state index >= 15 is 0 Å². The van der Waals surface area contributed by atoms with E-state index in [9.17, 15) is 9.18 Å². The second-order valence-corrected chi connectivity index (χ2v) is 11.0. The average molecular weight is 532 g/mol. The molecule has 0 aromatic heterocycles. The first-order valence-electron chi connectivity index (χ1n) is 12.3. The largest absolute Gasteiger partial charge is 0.322 e. The number of amides is 1. The van der Waals surface area contributed by atoms with Crippen LogP contribution >= 0.6 is 20.2 Å². The molecule has 0 spiro atoms. The van der Waals surface area contributed by atoms with Gasteiger partial charge in [-0.3, -0.25) is 15.1 Å². The first kappa shape index (κ1) is 31.7. The highest BCUT2D eigenvalue weighted by atomic mass is 35.5. The fourth-order valence-electron chi connectivity index (χ4n) is 2.96. The Morgan fingerprint density at radius 1 is 1.19 bits per heavy atom. The number of carbonyl (C=O) groups is 1. The summed E-state index contributed by atoms with van der Waals surface area (Å²) in [5, 5.41) is 7.33. The van der Waals surface area contributed by atoms with Gasteiger partial charge in [0.15, 0.2) is 0 Å². The van der Waals surface area contributed by atoms with E-state index in [1.54, 1.807) is 0 Å². The molecule has 3 unspecified atom stereocenters. The molecule has 2 N–H and O–H groups in total. The van der Waals surface area contributed by atoms with E-state index in [1.165, 1.54) is 24.6 Å². The SMILES string of the molecule is C=C1PC(NC(C)c2cccc(NC(=O)c3ccc(F)c(Cl)c3)c2)C=N/C1=C/C.CC(C)C.CCC. The van der Waals surface area contributed by atoms with Gasteiger partial charge in [0.1, 0.15) is 5.82 Å². The van der Waals surface area contributed by atoms with Crippen molar-refractivity contribution in [3.63, 3.8) is 0 Å². The minimum Gasteiger partial charge on any atom is -0.322 e. The molecule has 0 radical (unpaired) electrons. The number of nitrogens with one attached hydrogen (secondary N) is 2. The summed E-state index contributed by atoms with van der Waals surface area (Å²) in [5.41, 5.74) is 2.92. The van der Waals surface area contributed by atoms with Crippen LogP contribution in [0.25, 0.3) is 0 Å². The van der Waals surface area contributed by atoms with Gasteiger partial charge >= 0.3 is 0 Å². The summed E-state index contributed by atoms with van der Waals surface area (Å²) < 4.78 is 13.3. The van der Waals surface area contributed by atoms with Crippen LogP contribution in [0.15, 0.2) is 71.1 Å². The van der Waals surface area contributed by atoms with E-state index in [2.05, 4.69) is 63.7 Å². The molecule has 1 amide bonds. The number of allylic oxidation sites excluding steroid dienone is 2. The van der Waals surface area contributed by atoms with Gasteiger partial charge in [-0.15, -0.1) is 0 Å². The highest BCUT2D eigenvalue weighted by Gasteiger charge is 2.18. The Kier molecular flexibility index (Phi) is 14.5. The molecular formula is C29H40ClFN3OP. The van der Waals surface area contributed by atoms with Crippen molar-refractivity contribution in [2.24, 2.45) is 10.9 Å². The summed E-state index contributed by atoms with van der Waals surface area (Å²) in [4.78, 5) is 16.9. The highest BCUT2D eigenvalue weighted by Crippen LogP contribution is 2.36. The summed E-state index contributed by atoms with van der Waals surface area (Å²) in [6.07, 6.45) is 5.13. The summed E-state index contributed by atoms with van der Waals surface area (Å²) in [5.74, 6) is 0.0582. The molecule has 2 aromatic carbocycles. The Morgan fingerprint density at radius 2 is 1.83 bits per heavy atom. The molecule has 36 heavy (non-hydrogen) atoms. The van der Waals surface area contributed by atoms with Gasteiger partial charge in [0, 0.05) is 23.5 Å². The van der Waals surface area contributed by atoms with E-state index in [-0.39, 0.29) is 22.8 Å². The Balaban J connectivity index is 0.000000825. The molecule has 4 nitrogen and oxygen atoms in total. The third-order valence-electron chi connectivity index (χ3n) is 4.53. The molecule has 1 aliphatic heterocycles. The van der Waals surface area contributed by atoms with Crippen LogP contribution in [0.2, 0.25) is 5.02 Å². The van der Waals surface area contributed by atoms with E-state index in [1.807, 2.05) is 43.5 Å². The van der Waals surface area contributed by atoms with Crippen molar-refractivity contribution in [3.05, 3.63) is 88.1 Å². The van der Waals surface area contributed by atoms with Crippen LogP contribution in [0.4, 0.5) is 10.1 Å². The van der Waals surface area contributed by atoms with Crippen LogP contribution < -0.4 is 10.6 Å². The molecule has 0 bridgehead atoms. The van der Waals surface area contributed by atoms with Gasteiger partial charge in [0.05, 0.1) is 16.5 Å². The van der Waals surface area contributed by atoms with Gasteiger partial charge in [-0.05, 0) is 61.0 Å². The number of aliphatic imine (C=N–C) groups is 1. The van der Waals surface area contributed by atoms with Crippen LogP contribution in [0.3, 0.4) is 0 Å². The smallest absolute Gasteiger partial charge is 0.255 e. The third-order valence-corrected chi connectivity index (χ3v) is 6.05. The molecule has 1 heterocycles. The topological polar surface area (TPSA) is 53.5 Å². The average Bonchev–Trinajstić information content (AvgIpc) is 2.81. The summed E-state index contributed by atoms with van der Waals surface area (Å²) in [7, 11) is 0.528. The van der Waals surface area contributed by atoms with Crippen molar-refractivity contribution in [2.45, 2.75) is 66.7 Å². The molecular weight excluding hydrogens is 492 g/mol. The van der Waals surface area contributed by atoms with Crippen LogP contribution in [0.1, 0.15) is 76.9 Å². The van der Waals surface area contributed by atoms with Gasteiger partial charge < -0.3 is 5.32 Å². The lowest BCUT2D eigenvalue weighted by atomic mass is 10.1. The maximum Gasteiger partial charge on any atom is 0.255 e. The van der Waals surface area contributed by atoms with E-state index in [0.717, 1.165) is 22.5 Å². The van der Waals surface area contributed by atoms with Gasteiger partial charge in [0.2, 0.25) is 0 Å². The van der Waals surface area contributed by atoms with Crippen molar-refractivity contribution in [2.75, 3.05) is 5.32 Å². The van der Waals surface area contributed by atoms with Gasteiger partial charge in [-0.2, -0.15) is 0 Å². The number of halogens is 2. The molecule has 0 saturated heterocycles. The number of hydrogen-bond acceptors (Lipinski definition) is 3. The van der Waals surface area contributed by atoms with Gasteiger partial charge in [0.25, 0.3) is 5.91 Å². The van der Waals surface area contributed by atoms with Crippen LogP contribution in [-0.2, 0) is 0 Å². The fourth-order valence-corrected chi connectivity index (χ4v) is 4.35. The molecule has 1 aliphatic rings. The first-order chi connectivity index (χ1) is 17.0. The Labute approximate surface area is 223 Å². The van der Waals surface area contributed by atoms with Crippen molar-refractivity contribution in [1.29, 1.82) is 0 Å². The van der Waals surface area contributed by atoms with E-state index in [4.69, 9.17) is 11.6 Å². The lowest BCUT2D eigenvalue weighted by molar-refractivity contribution is 0.102. The minimum atomic E-state index is -0.554. The Morgan fingerprint density at radius 3 is 2.39 bits per heavy atom. The van der Waals surface area contributed by atoms with Gasteiger partial charge in [-0.25, -0.2) is 4.39 Å². The first-order valence-corrected chi connectivity index (χ1v) is 13.8. The molecule has 0 saturated carbocycles. The lowest BCUT2D eigenvalue weighted by Crippen LogP contribution is -2.30. The second kappa shape index (κ2) is 16.4. The lowest BCUT2D eigenvalue weighted by Gasteiger charge is -2.25. The molecule has 3 atom stereocenters. The highest BCUT2D eigenvalue weighted by molar-refractivity contribution is 7.45. The zero-order valence-electron chi connectivity index (χ0n) is 22.5. The standard InChI is InChI=1S/C22H22ClFN3OP.C4H10.C3H8/c1-4-20-14(3)29-21(12-25-20)26-13(2)15-6-5-7-17(10-15)27-22(28)16-8-9-19(24)18(23)11-16;1-4(2)3;1-3-2/h4-13,21,26,29H,3H2,1-2H3,(H,27,28);4H,1-3H3;3H2,1-2H3/b20-4+;;. The predicted octanol–water partition coefficient (Wildman–Crippen LogP) is 8.97. The number of hydrogen-bond donors (Lipinski definition) is 2. The number of nitrogens with zero attached hydrogens (tertiary/aromatic N) is 1. The minimum absolute atomic E-state index is 0.0519. The molecule has 3 rings (SSSR count). The number of rotatable bonds is 5. The Bertz CT molecular complexity index is 1070. The summed E-state index contributed by atoms with van der Waals surface area (Å²) in [6, 6.07) is 11.6. The monoisotopic (exact) mass is 531 g/mol. The van der Waals surface area contributed by atoms with Crippen molar-refractivity contribution < 1.29 is 9.18 Å². The maximum atomic E-state index is 13.3. The third kappa shape index (κ3) is 11.2. The van der Waals surface area contributed by atoms with Crippen molar-refractivity contribution in [3.8, 4) is 0 Å². The van der Waals surface area contributed by atoms with E-state index in [0.29, 0.717) is 19.8 Å². The quantitative estimate of drug-likeness (QED) is 0.378. The molecule has 196 valence electrons. The molecule has 7 heteroatoms. The second-order valence-electron chi connectivity index (χ2n) is 9.09. The summed E-state index contributed by atoms with van der Waals surface area (Å²) >= 11 is 5.77. The summed E-state index contributed by atoms with van der Waals surface area (Å²) in [6.45, 7) is 18.9. The number of anilines is 1. The zero-order chi connectivity index (χ0) is 27.3. The van der Waals surface area contributed by atoms with Crippen molar-refractivity contribution >= 4 is 38.0 Å². The number of benzene rings is 2. The maximum absolute atomic E-state index is 13.3. The van der Waals surface area contributed by atoms with Crippen molar-refractivity contribution in [1.82, 2.24) is 5.32 Å². The number of carbonyl (C=O) groups excluding carboxylic acids is 1. The predicted molar refractivity (Wildman–Crippen MR) is 157 cm³/mol. The Hall–Kier alpha value is -2.33. The molecule has 0 aliphatic carbocycles. The van der Waals surface area contributed by atoms with Crippen LogP contribution in [0, 0.1) is 11.7 Å².